The lowest BCUT2D eigenvalue weighted by molar-refractivity contribution is 0.0702. The van der Waals surface area contributed by atoms with Crippen molar-refractivity contribution in [2.24, 2.45) is 5.92 Å². The van der Waals surface area contributed by atoms with Crippen LogP contribution in [0.1, 0.15) is 26.3 Å². The Morgan fingerprint density at radius 2 is 2.10 bits per heavy atom. The molecule has 1 atom stereocenters. The van der Waals surface area contributed by atoms with Crippen LogP contribution in [0.25, 0.3) is 11.2 Å². The van der Waals surface area contributed by atoms with Crippen LogP contribution in [0.15, 0.2) is 40.3 Å². The quantitative estimate of drug-likeness (QED) is 0.684. The van der Waals surface area contributed by atoms with E-state index in [0.717, 1.165) is 49.1 Å². The van der Waals surface area contributed by atoms with Crippen molar-refractivity contribution in [3.8, 4) is 5.69 Å². The topological polar surface area (TPSA) is 78.6 Å². The van der Waals surface area contributed by atoms with Crippen LogP contribution in [0.4, 0.5) is 4.39 Å². The van der Waals surface area contributed by atoms with Gasteiger partial charge in [-0.2, -0.15) is 9.49 Å². The predicted molar refractivity (Wildman–Crippen MR) is 113 cm³/mol. The third kappa shape index (κ3) is 4.08. The molecule has 160 valence electrons. The molecular formula is C21H27FN6O2. The van der Waals surface area contributed by atoms with Gasteiger partial charge in [-0.15, -0.1) is 0 Å². The minimum atomic E-state index is -1.03. The largest absolute Gasteiger partial charge is 0.333 e. The Labute approximate surface area is 173 Å². The Hall–Kier alpha value is -2.78. The van der Waals surface area contributed by atoms with Gasteiger partial charge < -0.3 is 0 Å². The van der Waals surface area contributed by atoms with Gasteiger partial charge in [0.15, 0.2) is 0 Å². The van der Waals surface area contributed by atoms with Crippen LogP contribution in [0.3, 0.4) is 0 Å². The molecule has 0 radical (unpaired) electrons. The molecular weight excluding hydrogens is 387 g/mol. The highest BCUT2D eigenvalue weighted by Gasteiger charge is 2.24. The van der Waals surface area contributed by atoms with Crippen molar-refractivity contribution in [2.75, 3.05) is 26.2 Å². The molecule has 1 fully saturated rings. The van der Waals surface area contributed by atoms with Gasteiger partial charge in [0.25, 0.3) is 5.56 Å². The van der Waals surface area contributed by atoms with Crippen LogP contribution in [-0.2, 0) is 6.54 Å². The molecule has 8 nitrogen and oxygen atoms in total. The molecule has 3 aromatic rings. The maximum Gasteiger partial charge on any atom is 0.333 e. The molecule has 1 saturated heterocycles. The number of nitrogens with one attached hydrogen (secondary N) is 1. The highest BCUT2D eigenvalue weighted by Crippen LogP contribution is 2.19. The van der Waals surface area contributed by atoms with Gasteiger partial charge >= 0.3 is 5.69 Å². The highest BCUT2D eigenvalue weighted by atomic mass is 19.1. The summed E-state index contributed by atoms with van der Waals surface area (Å²) in [6.45, 7) is 11.7. The normalized spacial score (nSPS) is 18.5. The number of pyridine rings is 1. The van der Waals surface area contributed by atoms with Crippen molar-refractivity contribution >= 4 is 5.52 Å². The summed E-state index contributed by atoms with van der Waals surface area (Å²) in [6.07, 6.45) is 4.23. The number of aromatic nitrogens is 4. The van der Waals surface area contributed by atoms with Gasteiger partial charge in [0.05, 0.1) is 23.6 Å². The number of nitrogens with zero attached hydrogens (tertiary/aromatic N) is 5. The Balaban J connectivity index is 1.58. The van der Waals surface area contributed by atoms with E-state index >= 15 is 0 Å². The smallest absolute Gasteiger partial charge is 0.298 e. The average Bonchev–Trinajstić information content (AvgIpc) is 3.10. The molecule has 0 aliphatic carbocycles. The fraction of sp³-hybridized carbons (Fsp3) is 0.476. The number of hydrogen-bond donors (Lipinski definition) is 1. The van der Waals surface area contributed by atoms with Crippen LogP contribution < -0.4 is 11.2 Å². The predicted octanol–water partition coefficient (Wildman–Crippen LogP) is 1.47. The average molecular weight is 414 g/mol. The number of halogens is 1. The fourth-order valence-electron chi connectivity index (χ4n) is 4.13. The van der Waals surface area contributed by atoms with Gasteiger partial charge in [-0.25, -0.2) is 9.31 Å². The second kappa shape index (κ2) is 8.16. The van der Waals surface area contributed by atoms with Crippen LogP contribution in [0.5, 0.6) is 0 Å². The summed E-state index contributed by atoms with van der Waals surface area (Å²) >= 11 is 0. The van der Waals surface area contributed by atoms with E-state index < -0.39 is 17.1 Å². The minimum Gasteiger partial charge on any atom is -0.298 e. The van der Waals surface area contributed by atoms with Crippen molar-refractivity contribution in [1.82, 2.24) is 29.0 Å². The van der Waals surface area contributed by atoms with E-state index in [-0.39, 0.29) is 0 Å². The summed E-state index contributed by atoms with van der Waals surface area (Å²) in [4.78, 5) is 30.5. The van der Waals surface area contributed by atoms with Gasteiger partial charge in [0, 0.05) is 45.0 Å². The lowest BCUT2D eigenvalue weighted by Gasteiger charge is -2.40. The number of fused-ring (bicyclic) bond motifs is 1. The first-order valence-corrected chi connectivity index (χ1v) is 10.3. The first-order chi connectivity index (χ1) is 14.3. The Kier molecular flexibility index (Phi) is 5.57. The van der Waals surface area contributed by atoms with Crippen molar-refractivity contribution in [3.63, 3.8) is 0 Å². The Bertz CT molecular complexity index is 1160. The molecule has 0 amide bonds. The van der Waals surface area contributed by atoms with E-state index in [1.807, 2.05) is 23.3 Å². The number of hydrogen-bond acceptors (Lipinski definition) is 5. The van der Waals surface area contributed by atoms with Crippen LogP contribution in [0, 0.1) is 11.7 Å². The summed E-state index contributed by atoms with van der Waals surface area (Å²) in [6, 6.07) is 4.46. The second-order valence-corrected chi connectivity index (χ2v) is 8.47. The SMILES string of the molecule is CC(C)CN1CCN(Cc2ccn3ncc(-n4cc(F)c(=O)[nH]c4=O)c3c2)C[C@@H]1C. The number of piperazine rings is 1. The van der Waals surface area contributed by atoms with E-state index in [1.165, 1.54) is 6.20 Å². The van der Waals surface area contributed by atoms with Gasteiger partial charge in [0.2, 0.25) is 5.82 Å². The number of H-pyrrole nitrogens is 1. The molecule has 0 unspecified atom stereocenters. The maximum absolute atomic E-state index is 13.7. The zero-order chi connectivity index (χ0) is 21.4. The zero-order valence-corrected chi connectivity index (χ0v) is 17.5. The fourth-order valence-corrected chi connectivity index (χ4v) is 4.13. The second-order valence-electron chi connectivity index (χ2n) is 8.47. The zero-order valence-electron chi connectivity index (χ0n) is 17.5. The van der Waals surface area contributed by atoms with E-state index in [1.54, 1.807) is 4.52 Å². The molecule has 9 heteroatoms. The van der Waals surface area contributed by atoms with Crippen molar-refractivity contribution < 1.29 is 4.39 Å². The molecule has 1 aliphatic rings. The molecule has 0 spiro atoms. The summed E-state index contributed by atoms with van der Waals surface area (Å²) in [7, 11) is 0. The minimum absolute atomic E-state index is 0.423. The number of rotatable bonds is 5. The van der Waals surface area contributed by atoms with Crippen LogP contribution in [0.2, 0.25) is 0 Å². The van der Waals surface area contributed by atoms with Gasteiger partial charge in [-0.1, -0.05) is 13.8 Å². The first kappa shape index (κ1) is 20.5. The Morgan fingerprint density at radius 3 is 2.83 bits per heavy atom. The van der Waals surface area contributed by atoms with Crippen molar-refractivity contribution in [1.29, 1.82) is 0 Å². The molecule has 30 heavy (non-hydrogen) atoms. The molecule has 3 aromatic heterocycles. The molecule has 1 N–H and O–H groups in total. The lowest BCUT2D eigenvalue weighted by Crippen LogP contribution is -2.52. The van der Waals surface area contributed by atoms with E-state index in [2.05, 4.69) is 35.7 Å². The van der Waals surface area contributed by atoms with E-state index in [9.17, 15) is 14.0 Å². The molecule has 4 rings (SSSR count). The third-order valence-electron chi connectivity index (χ3n) is 5.58. The summed E-state index contributed by atoms with van der Waals surface area (Å²) in [5.41, 5.74) is 0.460. The van der Waals surface area contributed by atoms with Gasteiger partial charge in [0.1, 0.15) is 0 Å². The third-order valence-corrected chi connectivity index (χ3v) is 5.58. The maximum atomic E-state index is 13.7. The van der Waals surface area contributed by atoms with Crippen molar-refractivity contribution in [3.05, 3.63) is 62.9 Å². The van der Waals surface area contributed by atoms with E-state index in [4.69, 9.17) is 0 Å². The van der Waals surface area contributed by atoms with Crippen LogP contribution in [-0.4, -0.2) is 61.2 Å². The first-order valence-electron chi connectivity index (χ1n) is 10.3. The Morgan fingerprint density at radius 1 is 1.30 bits per heavy atom. The summed E-state index contributed by atoms with van der Waals surface area (Å²) in [5.74, 6) is -0.360. The van der Waals surface area contributed by atoms with E-state index in [0.29, 0.717) is 23.2 Å². The molecule has 0 aromatic carbocycles. The monoisotopic (exact) mass is 414 g/mol. The van der Waals surface area contributed by atoms with Gasteiger partial charge in [-0.05, 0) is 30.5 Å². The standard InChI is InChI=1S/C21H27FN6O2/c1-14(2)10-26-7-6-25(11-15(26)3)12-16-4-5-28-18(8-16)19(9-23-28)27-13-17(22)20(29)24-21(27)30/h4-5,8-9,13-15H,6-7,10-12H2,1-3H3,(H,24,29,30)/t15-/m0/s1. The molecule has 4 heterocycles. The summed E-state index contributed by atoms with van der Waals surface area (Å²) < 4.78 is 16.5. The molecule has 1 aliphatic heterocycles. The van der Waals surface area contributed by atoms with Gasteiger partial charge in [-0.3, -0.25) is 24.1 Å². The lowest BCUT2D eigenvalue weighted by atomic mass is 10.1. The molecule has 0 bridgehead atoms. The highest BCUT2D eigenvalue weighted by molar-refractivity contribution is 5.64. The van der Waals surface area contributed by atoms with Crippen molar-refractivity contribution in [2.45, 2.75) is 33.4 Å². The number of aromatic amines is 1. The van der Waals surface area contributed by atoms with Crippen LogP contribution >= 0.6 is 0 Å². The summed E-state index contributed by atoms with van der Waals surface area (Å²) in [5, 5.41) is 4.25. The molecule has 0 saturated carbocycles.